The minimum Gasteiger partial charge on any atom is -0.462 e. The second kappa shape index (κ2) is 47.3. The number of carbonyl (C=O) groups excluding carboxylic acids is 3. The number of hydrogen-bond donors (Lipinski definition) is 0. The van der Waals surface area contributed by atoms with Crippen LogP contribution in [0.4, 0.5) is 0 Å². The summed E-state index contributed by atoms with van der Waals surface area (Å²) >= 11 is 0. The Bertz CT molecular complexity index is 1170. The van der Waals surface area contributed by atoms with Gasteiger partial charge < -0.3 is 14.2 Å². The van der Waals surface area contributed by atoms with E-state index in [2.05, 4.69) is 106 Å². The van der Waals surface area contributed by atoms with E-state index in [1.165, 1.54) is 51.4 Å². The van der Waals surface area contributed by atoms with Crippen molar-refractivity contribution in [2.75, 3.05) is 13.2 Å². The number of carbonyl (C=O) groups is 3. The van der Waals surface area contributed by atoms with Crippen molar-refractivity contribution in [3.8, 4) is 0 Å². The van der Waals surface area contributed by atoms with Crippen LogP contribution >= 0.6 is 0 Å². The van der Waals surface area contributed by atoms with Crippen LogP contribution in [0.25, 0.3) is 0 Å². The second-order valence-corrected chi connectivity index (χ2v) is 15.6. The molecule has 6 nitrogen and oxygen atoms in total. The lowest BCUT2D eigenvalue weighted by molar-refractivity contribution is -0.167. The van der Waals surface area contributed by atoms with Crippen LogP contribution in [0.5, 0.6) is 0 Å². The molecule has 0 radical (unpaired) electrons. The van der Waals surface area contributed by atoms with Crippen molar-refractivity contribution in [2.24, 2.45) is 0 Å². The van der Waals surface area contributed by atoms with Gasteiger partial charge in [0.05, 0.1) is 0 Å². The summed E-state index contributed by atoms with van der Waals surface area (Å²) in [6.45, 7) is 6.36. The maximum Gasteiger partial charge on any atom is 0.306 e. The highest BCUT2D eigenvalue weighted by Gasteiger charge is 2.19. The van der Waals surface area contributed by atoms with Gasteiger partial charge in [-0.1, -0.05) is 183 Å². The SMILES string of the molecule is CC/C=C\C/C=C\C/C=C\C/C=C\C/C=C\CCCCCC(=O)OCC(COC(=O)CCCCCCC)OC(=O)CCCCCCCCC/C=C\C/C=C\CCCCC. The highest BCUT2D eigenvalue weighted by molar-refractivity contribution is 5.71. The molecule has 59 heavy (non-hydrogen) atoms. The summed E-state index contributed by atoms with van der Waals surface area (Å²) < 4.78 is 16.6. The predicted molar refractivity (Wildman–Crippen MR) is 251 cm³/mol. The smallest absolute Gasteiger partial charge is 0.306 e. The third-order valence-corrected chi connectivity index (χ3v) is 9.88. The van der Waals surface area contributed by atoms with E-state index in [1.54, 1.807) is 0 Å². The lowest BCUT2D eigenvalue weighted by Crippen LogP contribution is -2.30. The highest BCUT2D eigenvalue weighted by Crippen LogP contribution is 2.13. The van der Waals surface area contributed by atoms with Gasteiger partial charge in [-0.3, -0.25) is 14.4 Å². The van der Waals surface area contributed by atoms with Gasteiger partial charge in [-0.05, 0) is 96.3 Å². The Morgan fingerprint density at radius 3 is 1.08 bits per heavy atom. The molecule has 0 saturated heterocycles. The number of esters is 3. The molecular formula is C53H88O6. The lowest BCUT2D eigenvalue weighted by atomic mass is 10.1. The van der Waals surface area contributed by atoms with Gasteiger partial charge in [0.25, 0.3) is 0 Å². The van der Waals surface area contributed by atoms with Gasteiger partial charge in [0.1, 0.15) is 13.2 Å². The fraction of sp³-hybridized carbons (Fsp3) is 0.679. The van der Waals surface area contributed by atoms with Crippen molar-refractivity contribution < 1.29 is 28.6 Å². The molecule has 0 aliphatic heterocycles. The third kappa shape index (κ3) is 45.5. The first-order valence-corrected chi connectivity index (χ1v) is 24.1. The first-order valence-electron chi connectivity index (χ1n) is 24.1. The van der Waals surface area contributed by atoms with Crippen molar-refractivity contribution in [1.29, 1.82) is 0 Å². The standard InChI is InChI=1S/C53H88O6/c1-4-7-10-13-15-17-19-21-23-25-26-28-29-31-33-35-37-40-43-46-52(55)58-49-50(48-57-51(54)45-42-39-12-9-6-3)59-53(56)47-44-41-38-36-34-32-30-27-24-22-20-18-16-14-11-8-5-2/h7,10,15-18,21-24,26,28,31,33,50H,4-6,8-9,11-14,19-20,25,27,29-30,32,34-49H2,1-3H3/b10-7-,17-15-,18-16-,23-21-,24-22-,28-26-,33-31-. The van der Waals surface area contributed by atoms with Crippen molar-refractivity contribution in [3.05, 3.63) is 85.1 Å². The van der Waals surface area contributed by atoms with Crippen LogP contribution in [-0.4, -0.2) is 37.2 Å². The topological polar surface area (TPSA) is 78.9 Å². The summed E-state index contributed by atoms with van der Waals surface area (Å²) in [5.74, 6) is -0.952. The van der Waals surface area contributed by atoms with E-state index in [0.717, 1.165) is 122 Å². The Morgan fingerprint density at radius 2 is 0.661 bits per heavy atom. The second-order valence-electron chi connectivity index (χ2n) is 15.6. The van der Waals surface area contributed by atoms with Crippen molar-refractivity contribution in [1.82, 2.24) is 0 Å². The highest BCUT2D eigenvalue weighted by atomic mass is 16.6. The van der Waals surface area contributed by atoms with Crippen LogP contribution in [0.1, 0.15) is 213 Å². The van der Waals surface area contributed by atoms with E-state index in [-0.39, 0.29) is 31.1 Å². The zero-order chi connectivity index (χ0) is 43.0. The van der Waals surface area contributed by atoms with Crippen LogP contribution in [-0.2, 0) is 28.6 Å². The van der Waals surface area contributed by atoms with Crippen LogP contribution in [0, 0.1) is 0 Å². The number of rotatable bonds is 42. The Labute approximate surface area is 363 Å². The van der Waals surface area contributed by atoms with Crippen LogP contribution in [0.2, 0.25) is 0 Å². The van der Waals surface area contributed by atoms with Crippen LogP contribution in [0.3, 0.4) is 0 Å². The van der Waals surface area contributed by atoms with Crippen LogP contribution < -0.4 is 0 Å². The number of hydrogen-bond acceptors (Lipinski definition) is 6. The minimum atomic E-state index is -0.790. The normalized spacial score (nSPS) is 12.8. The first kappa shape index (κ1) is 55.6. The minimum absolute atomic E-state index is 0.0923. The number of unbranched alkanes of at least 4 members (excludes halogenated alkanes) is 17. The van der Waals surface area contributed by atoms with Crippen LogP contribution in [0.15, 0.2) is 85.1 Å². The Balaban J connectivity index is 4.29. The monoisotopic (exact) mass is 821 g/mol. The Morgan fingerprint density at radius 1 is 0.356 bits per heavy atom. The van der Waals surface area contributed by atoms with Crippen molar-refractivity contribution in [2.45, 2.75) is 219 Å². The zero-order valence-corrected chi connectivity index (χ0v) is 38.2. The van der Waals surface area contributed by atoms with Gasteiger partial charge in [0.15, 0.2) is 6.10 Å². The van der Waals surface area contributed by atoms with Gasteiger partial charge >= 0.3 is 17.9 Å². The molecule has 0 rings (SSSR count). The summed E-state index contributed by atoms with van der Waals surface area (Å²) in [4.78, 5) is 37.6. The lowest BCUT2D eigenvalue weighted by Gasteiger charge is -2.18. The van der Waals surface area contributed by atoms with Crippen molar-refractivity contribution in [3.63, 3.8) is 0 Å². The maximum atomic E-state index is 12.7. The van der Waals surface area contributed by atoms with Gasteiger partial charge in [0, 0.05) is 19.3 Å². The summed E-state index contributed by atoms with van der Waals surface area (Å²) in [7, 11) is 0. The molecule has 0 fully saturated rings. The molecule has 0 spiro atoms. The average Bonchev–Trinajstić information content (AvgIpc) is 3.23. The molecule has 336 valence electrons. The third-order valence-electron chi connectivity index (χ3n) is 9.88. The van der Waals surface area contributed by atoms with E-state index in [0.29, 0.717) is 19.3 Å². The number of ether oxygens (including phenoxy) is 3. The summed E-state index contributed by atoms with van der Waals surface area (Å²) in [6, 6.07) is 0. The number of allylic oxidation sites excluding steroid dienone is 14. The quantitative estimate of drug-likeness (QED) is 0.0264. The maximum absolute atomic E-state index is 12.7. The molecule has 0 aliphatic rings. The molecule has 0 bridgehead atoms. The molecule has 0 heterocycles. The van der Waals surface area contributed by atoms with Crippen molar-refractivity contribution >= 4 is 17.9 Å². The fourth-order valence-corrected chi connectivity index (χ4v) is 6.26. The zero-order valence-electron chi connectivity index (χ0n) is 38.2. The van der Waals surface area contributed by atoms with E-state index in [1.807, 2.05) is 0 Å². The molecule has 0 N–H and O–H groups in total. The van der Waals surface area contributed by atoms with E-state index in [9.17, 15) is 14.4 Å². The summed E-state index contributed by atoms with van der Waals surface area (Å²) in [5, 5.41) is 0. The van der Waals surface area contributed by atoms with Gasteiger partial charge in [0.2, 0.25) is 0 Å². The molecule has 1 unspecified atom stereocenters. The Kier molecular flexibility index (Phi) is 44.5. The average molecular weight is 821 g/mol. The van der Waals surface area contributed by atoms with E-state index in [4.69, 9.17) is 14.2 Å². The molecule has 0 amide bonds. The molecule has 0 aromatic carbocycles. The van der Waals surface area contributed by atoms with Gasteiger partial charge in [-0.2, -0.15) is 0 Å². The van der Waals surface area contributed by atoms with Gasteiger partial charge in [-0.15, -0.1) is 0 Å². The Hall–Kier alpha value is -3.41. The molecular weight excluding hydrogens is 733 g/mol. The molecule has 0 aromatic rings. The molecule has 1 atom stereocenters. The molecule has 0 saturated carbocycles. The first-order chi connectivity index (χ1) is 29.0. The van der Waals surface area contributed by atoms with E-state index < -0.39 is 6.10 Å². The predicted octanol–water partition coefficient (Wildman–Crippen LogP) is 15.6. The fourth-order valence-electron chi connectivity index (χ4n) is 6.26. The van der Waals surface area contributed by atoms with E-state index >= 15 is 0 Å². The molecule has 0 aliphatic carbocycles. The largest absolute Gasteiger partial charge is 0.462 e. The summed E-state index contributed by atoms with van der Waals surface area (Å²) in [5.41, 5.74) is 0. The molecule has 6 heteroatoms. The molecule has 0 aromatic heterocycles. The summed E-state index contributed by atoms with van der Waals surface area (Å²) in [6.07, 6.45) is 60.2. The van der Waals surface area contributed by atoms with Gasteiger partial charge in [-0.25, -0.2) is 0 Å².